The van der Waals surface area contributed by atoms with Crippen LogP contribution in [0.4, 0.5) is 18.0 Å². The second-order valence-corrected chi connectivity index (χ2v) is 4.36. The van der Waals surface area contributed by atoms with E-state index in [2.05, 4.69) is 11.9 Å². The summed E-state index contributed by atoms with van der Waals surface area (Å²) in [6.07, 6.45) is -3.00. The Morgan fingerprint density at radius 2 is 2.28 bits per heavy atom. The van der Waals surface area contributed by atoms with E-state index in [1.807, 2.05) is 0 Å². The summed E-state index contributed by atoms with van der Waals surface area (Å²) in [6, 6.07) is 0.938. The summed E-state index contributed by atoms with van der Waals surface area (Å²) in [5.74, 6) is 0. The van der Waals surface area contributed by atoms with Crippen LogP contribution in [0.25, 0.3) is 0 Å². The van der Waals surface area contributed by atoms with Crippen molar-refractivity contribution in [3.8, 4) is 0 Å². The van der Waals surface area contributed by atoms with Crippen LogP contribution in [0.1, 0.15) is 5.56 Å². The van der Waals surface area contributed by atoms with E-state index in [0.717, 1.165) is 4.90 Å². The fourth-order valence-corrected chi connectivity index (χ4v) is 1.95. The first-order valence-electron chi connectivity index (χ1n) is 5.14. The zero-order valence-electron chi connectivity index (χ0n) is 9.54. The largest absolute Gasteiger partial charge is 0.406 e. The summed E-state index contributed by atoms with van der Waals surface area (Å²) in [5.41, 5.74) is 0.679. The van der Waals surface area contributed by atoms with Gasteiger partial charge in [0.25, 0.3) is 0 Å². The molecule has 1 aromatic heterocycles. The van der Waals surface area contributed by atoms with Gasteiger partial charge in [-0.25, -0.2) is 4.79 Å². The third kappa shape index (κ3) is 5.22. The van der Waals surface area contributed by atoms with E-state index in [4.69, 9.17) is 0 Å². The average Bonchev–Trinajstić information content (AvgIpc) is 2.75. The monoisotopic (exact) mass is 278 g/mol. The highest BCUT2D eigenvalue weighted by molar-refractivity contribution is 7.07. The van der Waals surface area contributed by atoms with Gasteiger partial charge in [-0.2, -0.15) is 24.5 Å². The number of alkyl halides is 3. The van der Waals surface area contributed by atoms with Gasteiger partial charge in [0.2, 0.25) is 0 Å². The maximum Gasteiger partial charge on any atom is 0.406 e. The van der Waals surface area contributed by atoms with Gasteiger partial charge in [-0.1, -0.05) is 6.08 Å². The molecule has 0 saturated heterocycles. The Hall–Kier alpha value is -1.50. The van der Waals surface area contributed by atoms with Gasteiger partial charge in [0.15, 0.2) is 0 Å². The van der Waals surface area contributed by atoms with Gasteiger partial charge in [0.05, 0.1) is 0 Å². The second-order valence-electron chi connectivity index (χ2n) is 3.58. The Bertz CT molecular complexity index is 389. The van der Waals surface area contributed by atoms with E-state index < -0.39 is 18.8 Å². The molecule has 18 heavy (non-hydrogen) atoms. The van der Waals surface area contributed by atoms with Crippen molar-refractivity contribution in [2.45, 2.75) is 12.7 Å². The van der Waals surface area contributed by atoms with Gasteiger partial charge < -0.3 is 10.2 Å². The van der Waals surface area contributed by atoms with E-state index in [0.29, 0.717) is 5.56 Å². The van der Waals surface area contributed by atoms with Crippen molar-refractivity contribution in [1.82, 2.24) is 10.2 Å². The highest BCUT2D eigenvalue weighted by Crippen LogP contribution is 2.19. The Kier molecular flexibility index (Phi) is 5.21. The molecule has 1 aromatic rings. The SMILES string of the molecule is C=CCNC(=O)N(Cc1ccsc1)CC(F)(F)F. The molecule has 0 aliphatic rings. The van der Waals surface area contributed by atoms with E-state index in [9.17, 15) is 18.0 Å². The Morgan fingerprint density at radius 1 is 1.56 bits per heavy atom. The fourth-order valence-electron chi connectivity index (χ4n) is 1.29. The molecule has 0 fully saturated rings. The summed E-state index contributed by atoms with van der Waals surface area (Å²) in [4.78, 5) is 12.3. The van der Waals surface area contributed by atoms with Crippen molar-refractivity contribution in [2.75, 3.05) is 13.1 Å². The minimum Gasteiger partial charge on any atom is -0.335 e. The van der Waals surface area contributed by atoms with Crippen LogP contribution < -0.4 is 5.32 Å². The zero-order chi connectivity index (χ0) is 13.6. The normalized spacial score (nSPS) is 11.1. The van der Waals surface area contributed by atoms with Crippen molar-refractivity contribution in [3.63, 3.8) is 0 Å². The van der Waals surface area contributed by atoms with Crippen molar-refractivity contribution < 1.29 is 18.0 Å². The molecule has 0 unspecified atom stereocenters. The summed E-state index contributed by atoms with van der Waals surface area (Å²) in [6.45, 7) is 2.19. The van der Waals surface area contributed by atoms with E-state index in [1.165, 1.54) is 17.4 Å². The molecule has 2 amide bonds. The van der Waals surface area contributed by atoms with Gasteiger partial charge in [-0.15, -0.1) is 6.58 Å². The predicted molar refractivity (Wildman–Crippen MR) is 64.4 cm³/mol. The lowest BCUT2D eigenvalue weighted by Crippen LogP contribution is -2.44. The summed E-state index contributed by atoms with van der Waals surface area (Å²) < 4.78 is 37.1. The van der Waals surface area contributed by atoms with Crippen LogP contribution in [0.5, 0.6) is 0 Å². The predicted octanol–water partition coefficient (Wildman–Crippen LogP) is 3.01. The minimum atomic E-state index is -4.42. The molecule has 0 saturated carbocycles. The van der Waals surface area contributed by atoms with E-state index >= 15 is 0 Å². The Labute approximate surface area is 107 Å². The number of hydrogen-bond acceptors (Lipinski definition) is 2. The minimum absolute atomic E-state index is 0.0635. The standard InChI is InChI=1S/C11H13F3N2OS/c1-2-4-15-10(17)16(8-11(12,13)14)6-9-3-5-18-7-9/h2-3,5,7H,1,4,6,8H2,(H,15,17). The molecular weight excluding hydrogens is 265 g/mol. The number of hydrogen-bond donors (Lipinski definition) is 1. The van der Waals surface area contributed by atoms with Crippen molar-refractivity contribution in [1.29, 1.82) is 0 Å². The number of nitrogens with one attached hydrogen (secondary N) is 1. The molecular formula is C11H13F3N2OS. The van der Waals surface area contributed by atoms with Gasteiger partial charge in [0.1, 0.15) is 6.54 Å². The number of nitrogens with zero attached hydrogens (tertiary/aromatic N) is 1. The number of carbonyl (C=O) groups excluding carboxylic acids is 1. The van der Waals surface area contributed by atoms with Crippen molar-refractivity contribution >= 4 is 17.4 Å². The highest BCUT2D eigenvalue weighted by atomic mass is 32.1. The smallest absolute Gasteiger partial charge is 0.335 e. The topological polar surface area (TPSA) is 32.3 Å². The first kappa shape index (κ1) is 14.6. The number of carbonyl (C=O) groups is 1. The first-order valence-corrected chi connectivity index (χ1v) is 6.08. The van der Waals surface area contributed by atoms with Gasteiger partial charge >= 0.3 is 12.2 Å². The highest BCUT2D eigenvalue weighted by Gasteiger charge is 2.32. The molecule has 0 atom stereocenters. The zero-order valence-corrected chi connectivity index (χ0v) is 10.4. The molecule has 0 bridgehead atoms. The van der Waals surface area contributed by atoms with Crippen molar-refractivity contribution in [2.24, 2.45) is 0 Å². The van der Waals surface area contributed by atoms with Crippen LogP contribution in [-0.2, 0) is 6.54 Å². The lowest BCUT2D eigenvalue weighted by Gasteiger charge is -2.23. The summed E-state index contributed by atoms with van der Waals surface area (Å²) in [5, 5.41) is 5.80. The molecule has 0 aliphatic heterocycles. The van der Waals surface area contributed by atoms with Gasteiger partial charge in [0, 0.05) is 13.1 Å². The van der Waals surface area contributed by atoms with Crippen LogP contribution >= 0.6 is 11.3 Å². The van der Waals surface area contributed by atoms with Gasteiger partial charge in [-0.3, -0.25) is 0 Å². The second kappa shape index (κ2) is 6.44. The summed E-state index contributed by atoms with van der Waals surface area (Å²) in [7, 11) is 0. The van der Waals surface area contributed by atoms with Crippen LogP contribution in [-0.4, -0.2) is 30.2 Å². The quantitative estimate of drug-likeness (QED) is 0.825. The Morgan fingerprint density at radius 3 is 2.78 bits per heavy atom. The number of thiophene rings is 1. The lowest BCUT2D eigenvalue weighted by atomic mass is 10.3. The third-order valence-electron chi connectivity index (χ3n) is 2.01. The van der Waals surface area contributed by atoms with Crippen LogP contribution in [0.15, 0.2) is 29.5 Å². The average molecular weight is 278 g/mol. The number of amides is 2. The molecule has 0 aromatic carbocycles. The molecule has 7 heteroatoms. The maximum absolute atomic E-state index is 12.4. The number of halogens is 3. The summed E-state index contributed by atoms with van der Waals surface area (Å²) >= 11 is 1.37. The van der Waals surface area contributed by atoms with Crippen LogP contribution in [0.3, 0.4) is 0 Å². The molecule has 0 spiro atoms. The molecule has 0 radical (unpaired) electrons. The van der Waals surface area contributed by atoms with Crippen LogP contribution in [0.2, 0.25) is 0 Å². The molecule has 1 heterocycles. The van der Waals surface area contributed by atoms with E-state index in [1.54, 1.807) is 16.8 Å². The Balaban J connectivity index is 2.68. The van der Waals surface area contributed by atoms with Crippen LogP contribution in [0, 0.1) is 0 Å². The van der Waals surface area contributed by atoms with Gasteiger partial charge in [-0.05, 0) is 22.4 Å². The third-order valence-corrected chi connectivity index (χ3v) is 2.74. The molecule has 1 rings (SSSR count). The molecule has 1 N–H and O–H groups in total. The maximum atomic E-state index is 12.4. The fraction of sp³-hybridized carbons (Fsp3) is 0.364. The first-order chi connectivity index (χ1) is 8.42. The van der Waals surface area contributed by atoms with Crippen molar-refractivity contribution in [3.05, 3.63) is 35.0 Å². The molecule has 3 nitrogen and oxygen atoms in total. The van der Waals surface area contributed by atoms with E-state index in [-0.39, 0.29) is 13.1 Å². The number of rotatable bonds is 5. The molecule has 100 valence electrons. The number of urea groups is 1. The molecule has 0 aliphatic carbocycles. The lowest BCUT2D eigenvalue weighted by molar-refractivity contribution is -0.140.